The second-order valence-corrected chi connectivity index (χ2v) is 7.57. The van der Waals surface area contributed by atoms with Crippen molar-refractivity contribution < 1.29 is 47.3 Å². The average Bonchev–Trinajstić information content (AvgIpc) is 2.58. The van der Waals surface area contributed by atoms with E-state index >= 15 is 0 Å². The molecular weight excluding hydrogens is 418 g/mol. The molecule has 0 fully saturated rings. The number of phosphoric ester groups is 2. The lowest BCUT2D eigenvalue weighted by atomic mass is 10.3. The Labute approximate surface area is 162 Å². The molecule has 0 atom stereocenters. The van der Waals surface area contributed by atoms with Crippen LogP contribution in [0.25, 0.3) is 0 Å². The summed E-state index contributed by atoms with van der Waals surface area (Å²) in [6.45, 7) is 5.76. The molecule has 0 saturated heterocycles. The lowest BCUT2D eigenvalue weighted by Gasteiger charge is -2.21. The zero-order valence-electron chi connectivity index (χ0n) is 15.0. The monoisotopic (exact) mass is 442 g/mol. The minimum Gasteiger partial charge on any atom is -0.333 e. The van der Waals surface area contributed by atoms with Crippen LogP contribution in [0.5, 0.6) is 0 Å². The number of carbonyl (C=O) groups is 2. The van der Waals surface area contributed by atoms with Crippen LogP contribution >= 0.6 is 15.6 Å². The number of amides is 2. The summed E-state index contributed by atoms with van der Waals surface area (Å²) in [7, 11) is -9.29. The molecule has 0 heterocycles. The molecule has 0 aromatic carbocycles. The van der Waals surface area contributed by atoms with E-state index < -0.39 is 40.7 Å². The predicted molar refractivity (Wildman–Crippen MR) is 98.7 cm³/mol. The van der Waals surface area contributed by atoms with Crippen LogP contribution in [-0.4, -0.2) is 80.6 Å². The SMILES string of the molecule is C=CC(=O)N(C/C=C/CN(CCOP(=O)(O)O)C(=O)C=C)CCOP(=O)(O)O. The molecule has 0 aromatic heterocycles. The molecule has 0 unspecified atom stereocenters. The molecule has 0 saturated carbocycles. The van der Waals surface area contributed by atoms with Crippen LogP contribution in [-0.2, 0) is 27.8 Å². The summed E-state index contributed by atoms with van der Waals surface area (Å²) in [5.74, 6) is -0.985. The third kappa shape index (κ3) is 13.5. The van der Waals surface area contributed by atoms with Crippen molar-refractivity contribution in [2.75, 3.05) is 39.4 Å². The van der Waals surface area contributed by atoms with E-state index in [0.717, 1.165) is 12.2 Å². The van der Waals surface area contributed by atoms with Crippen LogP contribution in [0.2, 0.25) is 0 Å². The number of nitrogens with zero attached hydrogens (tertiary/aromatic N) is 2. The maximum Gasteiger partial charge on any atom is 0.469 e. The molecule has 14 heteroatoms. The first-order valence-corrected chi connectivity index (χ1v) is 10.8. The van der Waals surface area contributed by atoms with Crippen molar-refractivity contribution in [2.24, 2.45) is 0 Å². The van der Waals surface area contributed by atoms with E-state index in [1.54, 1.807) is 0 Å². The Morgan fingerprint density at radius 1 is 0.786 bits per heavy atom. The molecule has 28 heavy (non-hydrogen) atoms. The maximum atomic E-state index is 11.7. The number of phosphoric acid groups is 2. The van der Waals surface area contributed by atoms with E-state index in [-0.39, 0.29) is 26.2 Å². The second kappa shape index (κ2) is 12.8. The van der Waals surface area contributed by atoms with E-state index in [1.165, 1.54) is 22.0 Å². The van der Waals surface area contributed by atoms with Gasteiger partial charge in [-0.1, -0.05) is 25.3 Å². The van der Waals surface area contributed by atoms with Gasteiger partial charge in [-0.25, -0.2) is 9.13 Å². The zero-order chi connectivity index (χ0) is 21.8. The summed E-state index contributed by atoms with van der Waals surface area (Å²) in [5, 5.41) is 0. The zero-order valence-corrected chi connectivity index (χ0v) is 16.8. The quantitative estimate of drug-likeness (QED) is 0.160. The Kier molecular flexibility index (Phi) is 12.0. The number of hydrogen-bond acceptors (Lipinski definition) is 6. The van der Waals surface area contributed by atoms with Crippen molar-refractivity contribution in [2.45, 2.75) is 0 Å². The number of rotatable bonds is 14. The van der Waals surface area contributed by atoms with Gasteiger partial charge in [-0.2, -0.15) is 0 Å². The highest BCUT2D eigenvalue weighted by Crippen LogP contribution is 2.35. The molecule has 0 radical (unpaired) electrons. The van der Waals surface area contributed by atoms with Gasteiger partial charge in [0.15, 0.2) is 0 Å². The molecule has 0 rings (SSSR count). The first kappa shape index (κ1) is 26.4. The first-order valence-electron chi connectivity index (χ1n) is 7.77. The highest BCUT2D eigenvalue weighted by atomic mass is 31.2. The van der Waals surface area contributed by atoms with Crippen molar-refractivity contribution in [3.63, 3.8) is 0 Å². The van der Waals surface area contributed by atoms with Crippen LogP contribution in [0.1, 0.15) is 0 Å². The Bertz CT molecular complexity index is 613. The van der Waals surface area contributed by atoms with E-state index in [4.69, 9.17) is 19.6 Å². The Morgan fingerprint density at radius 3 is 1.36 bits per heavy atom. The summed E-state index contributed by atoms with van der Waals surface area (Å²) in [4.78, 5) is 60.5. The summed E-state index contributed by atoms with van der Waals surface area (Å²) < 4.78 is 29.9. The van der Waals surface area contributed by atoms with Crippen molar-refractivity contribution in [3.05, 3.63) is 37.5 Å². The highest BCUT2D eigenvalue weighted by Gasteiger charge is 2.17. The molecule has 0 bridgehead atoms. The van der Waals surface area contributed by atoms with Crippen molar-refractivity contribution >= 4 is 27.5 Å². The summed E-state index contributed by atoms with van der Waals surface area (Å²) in [5.41, 5.74) is 0. The Morgan fingerprint density at radius 2 is 1.11 bits per heavy atom. The summed E-state index contributed by atoms with van der Waals surface area (Å²) >= 11 is 0. The molecule has 0 aromatic rings. The largest absolute Gasteiger partial charge is 0.469 e. The van der Waals surface area contributed by atoms with Gasteiger partial charge in [-0.15, -0.1) is 0 Å². The van der Waals surface area contributed by atoms with Gasteiger partial charge in [0.1, 0.15) is 0 Å². The minimum atomic E-state index is -4.65. The van der Waals surface area contributed by atoms with Gasteiger partial charge in [-0.3, -0.25) is 18.6 Å². The topological polar surface area (TPSA) is 174 Å². The van der Waals surface area contributed by atoms with Crippen molar-refractivity contribution in [1.82, 2.24) is 9.80 Å². The Balaban J connectivity index is 4.69. The standard InChI is InChI=1S/C14H24N2O10P2/c1-3-13(17)15(9-11-25-27(19,20)21)7-5-6-8-16(14(18)4-2)10-12-26-28(22,23)24/h3-6H,1-2,7-12H2,(H2,19,20,21)(H2,22,23,24)/b6-5+. The van der Waals surface area contributed by atoms with Gasteiger partial charge in [0.2, 0.25) is 11.8 Å². The van der Waals surface area contributed by atoms with Crippen LogP contribution < -0.4 is 0 Å². The number of hydrogen-bond donors (Lipinski definition) is 4. The fraction of sp³-hybridized carbons (Fsp3) is 0.429. The number of carbonyl (C=O) groups excluding carboxylic acids is 2. The van der Waals surface area contributed by atoms with E-state index in [9.17, 15) is 18.7 Å². The maximum absolute atomic E-state index is 11.7. The van der Waals surface area contributed by atoms with Gasteiger partial charge in [0.25, 0.3) is 0 Å². The normalized spacial score (nSPS) is 12.0. The lowest BCUT2D eigenvalue weighted by Crippen LogP contribution is -2.34. The fourth-order valence-electron chi connectivity index (χ4n) is 1.78. The highest BCUT2D eigenvalue weighted by molar-refractivity contribution is 7.46. The smallest absolute Gasteiger partial charge is 0.333 e. The van der Waals surface area contributed by atoms with Crippen LogP contribution in [0, 0.1) is 0 Å². The van der Waals surface area contributed by atoms with E-state index in [2.05, 4.69) is 22.2 Å². The van der Waals surface area contributed by atoms with Crippen LogP contribution in [0.4, 0.5) is 0 Å². The molecule has 4 N–H and O–H groups in total. The molecular formula is C14H24N2O10P2. The average molecular weight is 442 g/mol. The second-order valence-electron chi connectivity index (χ2n) is 5.10. The van der Waals surface area contributed by atoms with Crippen molar-refractivity contribution in [1.29, 1.82) is 0 Å². The third-order valence-electron chi connectivity index (χ3n) is 3.03. The van der Waals surface area contributed by atoms with E-state index in [0.29, 0.717) is 0 Å². The third-order valence-corrected chi connectivity index (χ3v) is 4.07. The molecule has 0 aliphatic rings. The molecule has 2 amide bonds. The fourth-order valence-corrected chi connectivity index (χ4v) is 2.42. The van der Waals surface area contributed by atoms with E-state index in [1.807, 2.05) is 0 Å². The Hall–Kier alpha value is -1.62. The predicted octanol–water partition coefficient (Wildman–Crippen LogP) is -0.210. The van der Waals surface area contributed by atoms with Gasteiger partial charge >= 0.3 is 15.6 Å². The van der Waals surface area contributed by atoms with Crippen molar-refractivity contribution in [3.8, 4) is 0 Å². The van der Waals surface area contributed by atoms with Crippen LogP contribution in [0.3, 0.4) is 0 Å². The molecule has 160 valence electrons. The van der Waals surface area contributed by atoms with Gasteiger partial charge in [0.05, 0.1) is 13.2 Å². The summed E-state index contributed by atoms with van der Waals surface area (Å²) in [6, 6.07) is 0. The van der Waals surface area contributed by atoms with Gasteiger partial charge in [0, 0.05) is 26.2 Å². The minimum absolute atomic E-state index is 0.0461. The first-order chi connectivity index (χ1) is 12.9. The summed E-state index contributed by atoms with van der Waals surface area (Å²) in [6.07, 6.45) is 5.09. The van der Waals surface area contributed by atoms with Gasteiger partial charge < -0.3 is 29.4 Å². The molecule has 0 spiro atoms. The molecule has 12 nitrogen and oxygen atoms in total. The van der Waals surface area contributed by atoms with Gasteiger partial charge in [-0.05, 0) is 12.2 Å². The molecule has 0 aliphatic heterocycles. The lowest BCUT2D eigenvalue weighted by molar-refractivity contribution is -0.126. The molecule has 0 aliphatic carbocycles. The van der Waals surface area contributed by atoms with Crippen LogP contribution in [0.15, 0.2) is 37.5 Å².